The van der Waals surface area contributed by atoms with Gasteiger partial charge in [0, 0.05) is 6.54 Å². The SMILES string of the molecule is C=C[CH]CN(CC)CC. The van der Waals surface area contributed by atoms with Crippen molar-refractivity contribution in [2.24, 2.45) is 0 Å². The molecule has 0 N–H and O–H groups in total. The van der Waals surface area contributed by atoms with Crippen LogP contribution >= 0.6 is 0 Å². The first kappa shape index (κ1) is 8.70. The van der Waals surface area contributed by atoms with E-state index in [1.54, 1.807) is 0 Å². The number of nitrogens with zero attached hydrogens (tertiary/aromatic N) is 1. The van der Waals surface area contributed by atoms with E-state index in [-0.39, 0.29) is 0 Å². The summed E-state index contributed by atoms with van der Waals surface area (Å²) in [6.07, 6.45) is 3.92. The van der Waals surface area contributed by atoms with E-state index in [1.165, 1.54) is 0 Å². The predicted molar refractivity (Wildman–Crippen MR) is 42.3 cm³/mol. The molecule has 0 rings (SSSR count). The summed E-state index contributed by atoms with van der Waals surface area (Å²) in [4.78, 5) is 2.34. The zero-order valence-electron chi connectivity index (χ0n) is 6.43. The summed E-state index contributed by atoms with van der Waals surface area (Å²) in [5.74, 6) is 0. The van der Waals surface area contributed by atoms with Crippen LogP contribution in [-0.4, -0.2) is 24.5 Å². The molecule has 1 heteroatoms. The highest BCUT2D eigenvalue weighted by molar-refractivity contribution is 4.88. The Morgan fingerprint density at radius 2 is 1.89 bits per heavy atom. The van der Waals surface area contributed by atoms with Gasteiger partial charge in [0.2, 0.25) is 0 Å². The van der Waals surface area contributed by atoms with E-state index in [4.69, 9.17) is 0 Å². The van der Waals surface area contributed by atoms with E-state index in [9.17, 15) is 0 Å². The van der Waals surface area contributed by atoms with Gasteiger partial charge in [-0.15, -0.1) is 6.58 Å². The van der Waals surface area contributed by atoms with Gasteiger partial charge in [0.25, 0.3) is 0 Å². The lowest BCUT2D eigenvalue weighted by Gasteiger charge is -2.15. The molecule has 53 valence electrons. The Balaban J connectivity index is 3.19. The largest absolute Gasteiger partial charge is 0.303 e. The molecule has 1 nitrogen and oxygen atoms in total. The standard InChI is InChI=1S/C8H16N/c1-4-7-8-9(5-2)6-3/h4,7H,1,5-6,8H2,2-3H3. The van der Waals surface area contributed by atoms with E-state index >= 15 is 0 Å². The third kappa shape index (κ3) is 4.22. The maximum absolute atomic E-state index is 3.62. The Bertz CT molecular complexity index is 65.0. The maximum Gasteiger partial charge on any atom is 0.00501 e. The molecule has 0 saturated carbocycles. The van der Waals surface area contributed by atoms with Crippen LogP contribution in [0.3, 0.4) is 0 Å². The van der Waals surface area contributed by atoms with Crippen LogP contribution in [0.4, 0.5) is 0 Å². The van der Waals surface area contributed by atoms with Crippen molar-refractivity contribution in [3.8, 4) is 0 Å². The highest BCUT2D eigenvalue weighted by Crippen LogP contribution is 1.88. The van der Waals surface area contributed by atoms with Crippen LogP contribution in [0.25, 0.3) is 0 Å². The molecule has 0 atom stereocenters. The Labute approximate surface area is 58.4 Å². The molecule has 0 aliphatic carbocycles. The van der Waals surface area contributed by atoms with Crippen LogP contribution in [0.2, 0.25) is 0 Å². The first-order valence-corrected chi connectivity index (χ1v) is 3.51. The van der Waals surface area contributed by atoms with Crippen molar-refractivity contribution in [3.63, 3.8) is 0 Å². The molecule has 0 fully saturated rings. The maximum atomic E-state index is 3.62. The van der Waals surface area contributed by atoms with Crippen LogP contribution in [0.15, 0.2) is 12.7 Å². The van der Waals surface area contributed by atoms with Gasteiger partial charge in [-0.25, -0.2) is 0 Å². The lowest BCUT2D eigenvalue weighted by Crippen LogP contribution is -2.23. The molecule has 0 amide bonds. The average Bonchev–Trinajstić information content (AvgIpc) is 1.91. The van der Waals surface area contributed by atoms with Gasteiger partial charge in [-0.3, -0.25) is 0 Å². The fourth-order valence-corrected chi connectivity index (χ4v) is 0.705. The lowest BCUT2D eigenvalue weighted by molar-refractivity contribution is 0.330. The fraction of sp³-hybridized carbons (Fsp3) is 0.625. The van der Waals surface area contributed by atoms with Crippen LogP contribution in [0.1, 0.15) is 13.8 Å². The molecular formula is C8H16N. The van der Waals surface area contributed by atoms with Crippen molar-refractivity contribution in [2.75, 3.05) is 19.6 Å². The van der Waals surface area contributed by atoms with E-state index < -0.39 is 0 Å². The van der Waals surface area contributed by atoms with Crippen LogP contribution in [0.5, 0.6) is 0 Å². The zero-order valence-corrected chi connectivity index (χ0v) is 6.43. The van der Waals surface area contributed by atoms with Crippen LogP contribution < -0.4 is 0 Å². The summed E-state index contributed by atoms with van der Waals surface area (Å²) in [6.45, 7) is 11.2. The third-order valence-electron chi connectivity index (χ3n) is 1.42. The Morgan fingerprint density at radius 1 is 1.33 bits per heavy atom. The van der Waals surface area contributed by atoms with E-state index in [0.29, 0.717) is 0 Å². The van der Waals surface area contributed by atoms with Gasteiger partial charge in [0.1, 0.15) is 0 Å². The number of rotatable bonds is 5. The van der Waals surface area contributed by atoms with Crippen molar-refractivity contribution in [3.05, 3.63) is 19.1 Å². The van der Waals surface area contributed by atoms with Crippen LogP contribution in [-0.2, 0) is 0 Å². The molecule has 9 heavy (non-hydrogen) atoms. The van der Waals surface area contributed by atoms with Crippen molar-refractivity contribution in [1.29, 1.82) is 0 Å². The summed E-state index contributed by atoms with van der Waals surface area (Å²) in [5, 5.41) is 0. The Kier molecular flexibility index (Phi) is 5.64. The van der Waals surface area contributed by atoms with Gasteiger partial charge in [-0.1, -0.05) is 19.9 Å². The van der Waals surface area contributed by atoms with Gasteiger partial charge >= 0.3 is 0 Å². The second-order valence-electron chi connectivity index (χ2n) is 1.96. The highest BCUT2D eigenvalue weighted by Gasteiger charge is 1.93. The van der Waals surface area contributed by atoms with Crippen molar-refractivity contribution >= 4 is 0 Å². The minimum Gasteiger partial charge on any atom is -0.303 e. The van der Waals surface area contributed by atoms with Gasteiger partial charge in [0.05, 0.1) is 0 Å². The molecule has 0 saturated heterocycles. The molecule has 1 radical (unpaired) electrons. The predicted octanol–water partition coefficient (Wildman–Crippen LogP) is 1.72. The normalized spacial score (nSPS) is 10.1. The highest BCUT2D eigenvalue weighted by atomic mass is 15.1. The Hall–Kier alpha value is -0.300. The van der Waals surface area contributed by atoms with Crippen molar-refractivity contribution < 1.29 is 0 Å². The van der Waals surface area contributed by atoms with Crippen molar-refractivity contribution in [1.82, 2.24) is 4.90 Å². The first-order chi connectivity index (χ1) is 4.35. The van der Waals surface area contributed by atoms with Crippen LogP contribution in [0, 0.1) is 6.42 Å². The molecule has 0 bridgehead atoms. The zero-order chi connectivity index (χ0) is 7.11. The average molecular weight is 126 g/mol. The number of hydrogen-bond acceptors (Lipinski definition) is 1. The molecule has 0 heterocycles. The minimum atomic E-state index is 1.04. The summed E-state index contributed by atoms with van der Waals surface area (Å²) in [5.41, 5.74) is 0. The van der Waals surface area contributed by atoms with E-state index in [1.807, 2.05) is 6.08 Å². The molecule has 0 aliphatic rings. The summed E-state index contributed by atoms with van der Waals surface area (Å²) < 4.78 is 0. The first-order valence-electron chi connectivity index (χ1n) is 3.51. The fourth-order valence-electron chi connectivity index (χ4n) is 0.705. The second-order valence-corrected chi connectivity index (χ2v) is 1.96. The molecular weight excluding hydrogens is 110 g/mol. The quantitative estimate of drug-likeness (QED) is 0.542. The monoisotopic (exact) mass is 126 g/mol. The smallest absolute Gasteiger partial charge is 0.00501 e. The van der Waals surface area contributed by atoms with E-state index in [0.717, 1.165) is 19.6 Å². The minimum absolute atomic E-state index is 1.04. The summed E-state index contributed by atoms with van der Waals surface area (Å²) >= 11 is 0. The topological polar surface area (TPSA) is 3.24 Å². The number of hydrogen-bond donors (Lipinski definition) is 0. The van der Waals surface area contributed by atoms with Gasteiger partial charge < -0.3 is 4.90 Å². The molecule has 0 aromatic rings. The third-order valence-corrected chi connectivity index (χ3v) is 1.42. The molecule has 0 spiro atoms. The molecule has 0 aromatic carbocycles. The van der Waals surface area contributed by atoms with Gasteiger partial charge in [-0.05, 0) is 19.5 Å². The molecule has 0 unspecified atom stereocenters. The Morgan fingerprint density at radius 3 is 2.22 bits per heavy atom. The summed E-state index contributed by atoms with van der Waals surface area (Å²) in [6, 6.07) is 0. The van der Waals surface area contributed by atoms with E-state index in [2.05, 4.69) is 31.7 Å². The molecule has 0 aromatic heterocycles. The van der Waals surface area contributed by atoms with Crippen molar-refractivity contribution in [2.45, 2.75) is 13.8 Å². The summed E-state index contributed by atoms with van der Waals surface area (Å²) in [7, 11) is 0. The van der Waals surface area contributed by atoms with Gasteiger partial charge in [-0.2, -0.15) is 0 Å². The molecule has 0 aliphatic heterocycles. The lowest BCUT2D eigenvalue weighted by atomic mass is 10.4. The second kappa shape index (κ2) is 5.83. The van der Waals surface area contributed by atoms with Gasteiger partial charge in [0.15, 0.2) is 0 Å².